The largest absolute Gasteiger partial charge is 0.423 e. The number of alkyl halides is 3. The third-order valence-electron chi connectivity index (χ3n) is 4.03. The first-order chi connectivity index (χ1) is 9.93. The summed E-state index contributed by atoms with van der Waals surface area (Å²) in [6.45, 7) is 4.71. The molecule has 2 rings (SSSR count). The van der Waals surface area contributed by atoms with Crippen molar-refractivity contribution in [2.24, 2.45) is 5.92 Å². The second-order valence-electron chi connectivity index (χ2n) is 5.69. The van der Waals surface area contributed by atoms with E-state index in [0.717, 1.165) is 19.4 Å². The molecule has 3 unspecified atom stereocenters. The fourth-order valence-electron chi connectivity index (χ4n) is 2.84. The minimum absolute atomic E-state index is 0.136. The smallest absolute Gasteiger partial charge is 0.392 e. The van der Waals surface area contributed by atoms with Gasteiger partial charge >= 0.3 is 6.18 Å². The van der Waals surface area contributed by atoms with Gasteiger partial charge in [0.25, 0.3) is 0 Å². The maximum atomic E-state index is 13.1. The summed E-state index contributed by atoms with van der Waals surface area (Å²) in [7, 11) is 0. The summed E-state index contributed by atoms with van der Waals surface area (Å²) >= 11 is 0. The summed E-state index contributed by atoms with van der Waals surface area (Å²) < 4.78 is 44.8. The summed E-state index contributed by atoms with van der Waals surface area (Å²) in [6.07, 6.45) is -1.25. The lowest BCUT2D eigenvalue weighted by atomic mass is 9.79. The highest BCUT2D eigenvalue weighted by Crippen LogP contribution is 2.46. The summed E-state index contributed by atoms with van der Waals surface area (Å²) in [4.78, 5) is 0. The van der Waals surface area contributed by atoms with Gasteiger partial charge in [-0.05, 0) is 32.7 Å². The van der Waals surface area contributed by atoms with Gasteiger partial charge in [0.15, 0.2) is 0 Å². The van der Waals surface area contributed by atoms with Crippen LogP contribution in [0.1, 0.15) is 69.7 Å². The van der Waals surface area contributed by atoms with Gasteiger partial charge in [0, 0.05) is 5.92 Å². The molecule has 1 fully saturated rings. The minimum Gasteiger partial charge on any atom is -0.423 e. The molecule has 1 aromatic rings. The number of rotatable bonds is 5. The molecule has 1 N–H and O–H groups in total. The van der Waals surface area contributed by atoms with Crippen molar-refractivity contribution < 1.29 is 17.6 Å². The van der Waals surface area contributed by atoms with Crippen LogP contribution in [0.25, 0.3) is 0 Å². The van der Waals surface area contributed by atoms with Crippen molar-refractivity contribution in [1.29, 1.82) is 0 Å². The third-order valence-corrected chi connectivity index (χ3v) is 4.03. The first kappa shape index (κ1) is 16.3. The lowest BCUT2D eigenvalue weighted by molar-refractivity contribution is -0.188. The maximum absolute atomic E-state index is 13.1. The summed E-state index contributed by atoms with van der Waals surface area (Å²) in [5.74, 6) is -1.56. The molecule has 0 radical (unpaired) electrons. The van der Waals surface area contributed by atoms with Gasteiger partial charge in [0.05, 0.1) is 12.0 Å². The Labute approximate surface area is 122 Å². The van der Waals surface area contributed by atoms with E-state index < -0.39 is 18.0 Å². The molecular weight excluding hydrogens is 283 g/mol. The van der Waals surface area contributed by atoms with Crippen LogP contribution in [0.2, 0.25) is 0 Å². The van der Waals surface area contributed by atoms with Crippen LogP contribution < -0.4 is 5.32 Å². The number of hydrogen-bond donors (Lipinski definition) is 1. The Morgan fingerprint density at radius 3 is 2.67 bits per heavy atom. The lowest BCUT2D eigenvalue weighted by Gasteiger charge is -2.30. The number of aromatic nitrogens is 2. The quantitative estimate of drug-likeness (QED) is 0.894. The normalized spacial score (nSPS) is 25.0. The molecule has 7 heteroatoms. The molecule has 0 spiro atoms. The van der Waals surface area contributed by atoms with Crippen molar-refractivity contribution in [1.82, 2.24) is 15.5 Å². The zero-order valence-electron chi connectivity index (χ0n) is 12.4. The predicted molar refractivity (Wildman–Crippen MR) is 71.8 cm³/mol. The second-order valence-corrected chi connectivity index (χ2v) is 5.69. The van der Waals surface area contributed by atoms with E-state index in [9.17, 15) is 13.2 Å². The Morgan fingerprint density at radius 1 is 1.29 bits per heavy atom. The van der Waals surface area contributed by atoms with Gasteiger partial charge in [-0.1, -0.05) is 19.8 Å². The summed E-state index contributed by atoms with van der Waals surface area (Å²) in [6, 6.07) is -0.140. The average molecular weight is 305 g/mol. The van der Waals surface area contributed by atoms with Crippen molar-refractivity contribution in [2.75, 3.05) is 6.54 Å². The topological polar surface area (TPSA) is 51.0 Å². The number of nitrogens with one attached hydrogen (secondary N) is 1. The van der Waals surface area contributed by atoms with E-state index in [0.29, 0.717) is 18.7 Å². The molecule has 3 atom stereocenters. The van der Waals surface area contributed by atoms with Crippen molar-refractivity contribution in [3.05, 3.63) is 11.8 Å². The van der Waals surface area contributed by atoms with Crippen LogP contribution in [0.15, 0.2) is 4.42 Å². The first-order valence-electron chi connectivity index (χ1n) is 7.56. The Morgan fingerprint density at radius 2 is 2.00 bits per heavy atom. The zero-order chi connectivity index (χ0) is 15.5. The van der Waals surface area contributed by atoms with Crippen LogP contribution in [-0.2, 0) is 0 Å². The highest BCUT2D eigenvalue weighted by Gasteiger charge is 2.47. The van der Waals surface area contributed by atoms with Crippen LogP contribution >= 0.6 is 0 Å². The number of hydrogen-bond acceptors (Lipinski definition) is 4. The Kier molecular flexibility index (Phi) is 5.24. The highest BCUT2D eigenvalue weighted by molar-refractivity contribution is 5.00. The molecule has 0 aliphatic heterocycles. The fraction of sp³-hybridized carbons (Fsp3) is 0.857. The van der Waals surface area contributed by atoms with Crippen LogP contribution in [0.5, 0.6) is 0 Å². The zero-order valence-corrected chi connectivity index (χ0v) is 12.4. The van der Waals surface area contributed by atoms with E-state index in [2.05, 4.69) is 15.5 Å². The number of nitrogens with zero attached hydrogens (tertiary/aromatic N) is 2. The van der Waals surface area contributed by atoms with Crippen LogP contribution in [-0.4, -0.2) is 22.9 Å². The van der Waals surface area contributed by atoms with Gasteiger partial charge in [-0.15, -0.1) is 10.2 Å². The molecule has 0 saturated heterocycles. The van der Waals surface area contributed by atoms with E-state index in [1.807, 2.05) is 13.8 Å². The number of halogens is 3. The van der Waals surface area contributed by atoms with E-state index >= 15 is 0 Å². The van der Waals surface area contributed by atoms with Crippen molar-refractivity contribution in [3.63, 3.8) is 0 Å². The maximum Gasteiger partial charge on any atom is 0.392 e. The molecule has 1 aliphatic carbocycles. The standard InChI is InChI=1S/C14H22F3N3O/c1-3-8-18-9(2)12-19-20-13(21-12)10-6-4-5-7-11(10)14(15,16)17/h9-11,18H,3-8H2,1-2H3. The highest BCUT2D eigenvalue weighted by atomic mass is 19.4. The lowest BCUT2D eigenvalue weighted by Crippen LogP contribution is -2.31. The Hall–Kier alpha value is -1.11. The molecule has 1 aliphatic rings. The van der Waals surface area contributed by atoms with Crippen LogP contribution in [0.4, 0.5) is 13.2 Å². The van der Waals surface area contributed by atoms with Crippen molar-refractivity contribution in [2.45, 2.75) is 64.1 Å². The Bertz CT molecular complexity index is 447. The minimum atomic E-state index is -4.20. The molecule has 4 nitrogen and oxygen atoms in total. The van der Waals surface area contributed by atoms with E-state index in [-0.39, 0.29) is 18.4 Å². The molecule has 0 amide bonds. The van der Waals surface area contributed by atoms with Gasteiger partial charge in [-0.25, -0.2) is 0 Å². The van der Waals surface area contributed by atoms with Gasteiger partial charge in [0.2, 0.25) is 11.8 Å². The fourth-order valence-corrected chi connectivity index (χ4v) is 2.84. The van der Waals surface area contributed by atoms with Crippen molar-refractivity contribution in [3.8, 4) is 0 Å². The molecule has 1 saturated carbocycles. The van der Waals surface area contributed by atoms with Gasteiger partial charge in [-0.3, -0.25) is 0 Å². The summed E-state index contributed by atoms with van der Waals surface area (Å²) in [5.41, 5.74) is 0. The van der Waals surface area contributed by atoms with Gasteiger partial charge < -0.3 is 9.73 Å². The monoisotopic (exact) mass is 305 g/mol. The van der Waals surface area contributed by atoms with Crippen molar-refractivity contribution >= 4 is 0 Å². The molecule has 21 heavy (non-hydrogen) atoms. The molecule has 120 valence electrons. The molecule has 1 aromatic heterocycles. The molecule has 0 aromatic carbocycles. The van der Waals surface area contributed by atoms with Gasteiger partial charge in [-0.2, -0.15) is 13.2 Å². The van der Waals surface area contributed by atoms with Crippen LogP contribution in [0, 0.1) is 5.92 Å². The molecular formula is C14H22F3N3O. The van der Waals surface area contributed by atoms with E-state index in [1.54, 1.807) is 0 Å². The first-order valence-corrected chi connectivity index (χ1v) is 7.56. The predicted octanol–water partition coefficient (Wildman–Crippen LogP) is 3.97. The van der Waals surface area contributed by atoms with E-state index in [4.69, 9.17) is 4.42 Å². The summed E-state index contributed by atoms with van der Waals surface area (Å²) in [5, 5.41) is 11.0. The molecule has 1 heterocycles. The second kappa shape index (κ2) is 6.77. The van der Waals surface area contributed by atoms with Crippen LogP contribution in [0.3, 0.4) is 0 Å². The Balaban J connectivity index is 2.11. The average Bonchev–Trinajstić information content (AvgIpc) is 2.93. The SMILES string of the molecule is CCCNC(C)c1nnc(C2CCCCC2C(F)(F)F)o1. The van der Waals surface area contributed by atoms with E-state index in [1.165, 1.54) is 0 Å². The van der Waals surface area contributed by atoms with Gasteiger partial charge in [0.1, 0.15) is 0 Å². The molecule has 0 bridgehead atoms. The third kappa shape index (κ3) is 3.96.